The SMILES string of the molecule is COc1cccc(C2C(=C(O)c3c(C)nc4ccccn34)C(=O)C(=O)N2c2nc3c(C)cc(C)cc3s2)c1. The van der Waals surface area contributed by atoms with Crippen LogP contribution in [-0.4, -0.2) is 38.3 Å². The Morgan fingerprint density at radius 1 is 1.03 bits per heavy atom. The molecule has 1 amide bonds. The van der Waals surface area contributed by atoms with E-state index in [1.165, 1.54) is 16.2 Å². The van der Waals surface area contributed by atoms with Crippen LogP contribution in [0.5, 0.6) is 5.75 Å². The van der Waals surface area contributed by atoms with Gasteiger partial charge in [0.05, 0.1) is 34.6 Å². The van der Waals surface area contributed by atoms with Crippen LogP contribution in [0.15, 0.2) is 66.4 Å². The van der Waals surface area contributed by atoms with Gasteiger partial charge in [0.2, 0.25) is 0 Å². The number of carbonyl (C=O) groups is 2. The molecule has 5 aromatic rings. The molecule has 6 rings (SSSR count). The lowest BCUT2D eigenvalue weighted by Gasteiger charge is -2.23. The predicted molar refractivity (Wildman–Crippen MR) is 147 cm³/mol. The molecule has 0 radical (unpaired) electrons. The molecule has 190 valence electrons. The van der Waals surface area contributed by atoms with E-state index in [1.807, 2.05) is 50.2 Å². The van der Waals surface area contributed by atoms with Crippen molar-refractivity contribution < 1.29 is 19.4 Å². The van der Waals surface area contributed by atoms with Crippen LogP contribution in [0.2, 0.25) is 0 Å². The first kappa shape index (κ1) is 23.9. The van der Waals surface area contributed by atoms with Crippen molar-refractivity contribution in [1.82, 2.24) is 14.4 Å². The standard InChI is InChI=1S/C29H24N4O4S/c1-15-12-16(2)23-20(13-15)38-29(31-23)33-25(18-8-7-9-19(14-18)37-4)22(27(35)28(33)36)26(34)24-17(3)30-21-10-5-6-11-32(21)24/h5-14,25,34H,1-4H3. The smallest absolute Gasteiger partial charge is 0.301 e. The van der Waals surface area contributed by atoms with Crippen molar-refractivity contribution in [2.75, 3.05) is 12.0 Å². The Kier molecular flexibility index (Phi) is 5.53. The molecule has 0 spiro atoms. The van der Waals surface area contributed by atoms with Crippen molar-refractivity contribution in [1.29, 1.82) is 0 Å². The van der Waals surface area contributed by atoms with Crippen molar-refractivity contribution in [2.24, 2.45) is 0 Å². The number of aliphatic hydroxyl groups is 1. The van der Waals surface area contributed by atoms with Gasteiger partial charge in [-0.1, -0.05) is 35.6 Å². The fraction of sp³-hybridized carbons (Fsp3) is 0.172. The van der Waals surface area contributed by atoms with Gasteiger partial charge in [-0.25, -0.2) is 9.97 Å². The molecule has 4 heterocycles. The van der Waals surface area contributed by atoms with Gasteiger partial charge in [0.25, 0.3) is 5.78 Å². The highest BCUT2D eigenvalue weighted by molar-refractivity contribution is 7.22. The molecule has 0 aliphatic carbocycles. The van der Waals surface area contributed by atoms with Crippen LogP contribution in [0.4, 0.5) is 5.13 Å². The van der Waals surface area contributed by atoms with Gasteiger partial charge in [0.15, 0.2) is 10.9 Å². The van der Waals surface area contributed by atoms with E-state index in [1.54, 1.807) is 42.8 Å². The summed E-state index contributed by atoms with van der Waals surface area (Å²) in [5, 5.41) is 12.1. The molecule has 38 heavy (non-hydrogen) atoms. The fourth-order valence-corrected chi connectivity index (χ4v) is 6.31. The molecule has 9 heteroatoms. The number of Topliss-reactive ketones (excluding diaryl/α,β-unsaturated/α-hetero) is 1. The zero-order chi connectivity index (χ0) is 26.7. The van der Waals surface area contributed by atoms with Crippen LogP contribution in [0, 0.1) is 20.8 Å². The van der Waals surface area contributed by atoms with Crippen LogP contribution < -0.4 is 9.64 Å². The molecule has 1 aliphatic rings. The molecular weight excluding hydrogens is 500 g/mol. The van der Waals surface area contributed by atoms with Crippen molar-refractivity contribution in [3.05, 3.63) is 94.4 Å². The molecule has 1 fully saturated rings. The number of ether oxygens (including phenoxy) is 1. The van der Waals surface area contributed by atoms with Crippen LogP contribution in [0.1, 0.15) is 34.1 Å². The number of ketones is 1. The maximum absolute atomic E-state index is 13.7. The largest absolute Gasteiger partial charge is 0.505 e. The summed E-state index contributed by atoms with van der Waals surface area (Å²) in [5.74, 6) is -1.26. The number of aliphatic hydroxyl groups excluding tert-OH is 1. The number of hydrogen-bond acceptors (Lipinski definition) is 7. The number of benzene rings is 2. The molecule has 1 saturated heterocycles. The number of nitrogens with zero attached hydrogens (tertiary/aromatic N) is 4. The van der Waals surface area contributed by atoms with Crippen LogP contribution in [-0.2, 0) is 9.59 Å². The van der Waals surface area contributed by atoms with E-state index in [2.05, 4.69) is 4.98 Å². The second kappa shape index (κ2) is 8.81. The zero-order valence-corrected chi connectivity index (χ0v) is 22.0. The Balaban J connectivity index is 1.63. The van der Waals surface area contributed by atoms with Crippen LogP contribution in [0.25, 0.3) is 21.6 Å². The number of rotatable bonds is 4. The van der Waals surface area contributed by atoms with Gasteiger partial charge in [0.1, 0.15) is 17.1 Å². The number of amides is 1. The second-order valence-corrected chi connectivity index (χ2v) is 10.4. The summed E-state index contributed by atoms with van der Waals surface area (Å²) in [5.41, 5.74) is 4.96. The van der Waals surface area contributed by atoms with Gasteiger partial charge in [-0.15, -0.1) is 0 Å². The molecule has 8 nitrogen and oxygen atoms in total. The number of hydrogen-bond donors (Lipinski definition) is 1. The van der Waals surface area contributed by atoms with Crippen molar-refractivity contribution in [3.8, 4) is 5.75 Å². The number of aryl methyl sites for hydroxylation is 3. The summed E-state index contributed by atoms with van der Waals surface area (Å²) < 4.78 is 8.07. The molecule has 1 N–H and O–H groups in total. The van der Waals surface area contributed by atoms with Gasteiger partial charge in [-0.3, -0.25) is 18.9 Å². The third kappa shape index (κ3) is 3.58. The number of anilines is 1. The lowest BCUT2D eigenvalue weighted by molar-refractivity contribution is -0.132. The van der Waals surface area contributed by atoms with E-state index in [0.29, 0.717) is 33.5 Å². The minimum atomic E-state index is -0.916. The molecule has 2 aromatic carbocycles. The van der Waals surface area contributed by atoms with Gasteiger partial charge in [-0.2, -0.15) is 0 Å². The third-order valence-corrected chi connectivity index (χ3v) is 7.81. The average molecular weight is 525 g/mol. The highest BCUT2D eigenvalue weighted by Gasteiger charge is 2.48. The van der Waals surface area contributed by atoms with Crippen molar-refractivity contribution in [2.45, 2.75) is 26.8 Å². The highest BCUT2D eigenvalue weighted by Crippen LogP contribution is 2.45. The maximum Gasteiger partial charge on any atom is 0.301 e. The number of pyridine rings is 1. The summed E-state index contributed by atoms with van der Waals surface area (Å²) in [6.07, 6.45) is 1.76. The Morgan fingerprint density at radius 2 is 1.84 bits per heavy atom. The summed E-state index contributed by atoms with van der Waals surface area (Å²) in [6.45, 7) is 5.74. The number of carbonyl (C=O) groups excluding carboxylic acids is 2. The lowest BCUT2D eigenvalue weighted by atomic mass is 9.96. The lowest BCUT2D eigenvalue weighted by Crippen LogP contribution is -2.29. The quantitative estimate of drug-likeness (QED) is 0.189. The van der Waals surface area contributed by atoms with Gasteiger partial charge in [-0.05, 0) is 67.8 Å². The van der Waals surface area contributed by atoms with E-state index < -0.39 is 17.7 Å². The summed E-state index contributed by atoms with van der Waals surface area (Å²) >= 11 is 1.34. The molecule has 3 aromatic heterocycles. The third-order valence-electron chi connectivity index (χ3n) is 6.81. The fourth-order valence-electron chi connectivity index (χ4n) is 5.15. The van der Waals surface area contributed by atoms with Crippen LogP contribution in [0.3, 0.4) is 0 Å². The van der Waals surface area contributed by atoms with Gasteiger partial charge in [0, 0.05) is 6.20 Å². The Labute approximate surface area is 222 Å². The molecule has 0 bridgehead atoms. The van der Waals surface area contributed by atoms with Crippen LogP contribution >= 0.6 is 11.3 Å². The average Bonchev–Trinajstić information content (AvgIpc) is 3.55. The van der Waals surface area contributed by atoms with Crippen molar-refractivity contribution in [3.63, 3.8) is 0 Å². The Bertz CT molecular complexity index is 1820. The summed E-state index contributed by atoms with van der Waals surface area (Å²) in [4.78, 5) is 38.0. The minimum absolute atomic E-state index is 0.0239. The first-order chi connectivity index (χ1) is 18.3. The van der Waals surface area contributed by atoms with E-state index in [0.717, 1.165) is 21.3 Å². The van der Waals surface area contributed by atoms with E-state index in [4.69, 9.17) is 9.72 Å². The minimum Gasteiger partial charge on any atom is -0.505 e. The zero-order valence-electron chi connectivity index (χ0n) is 21.2. The first-order valence-corrected chi connectivity index (χ1v) is 12.9. The molecule has 1 atom stereocenters. The number of fused-ring (bicyclic) bond motifs is 2. The monoisotopic (exact) mass is 524 g/mol. The van der Waals surface area contributed by atoms with E-state index >= 15 is 0 Å². The number of methoxy groups -OCH3 is 1. The van der Waals surface area contributed by atoms with E-state index in [-0.39, 0.29) is 11.3 Å². The molecule has 0 saturated carbocycles. The normalized spacial score (nSPS) is 17.2. The Hall–Kier alpha value is -4.50. The number of thiazole rings is 1. The second-order valence-electron chi connectivity index (χ2n) is 9.35. The number of aromatic nitrogens is 3. The predicted octanol–water partition coefficient (Wildman–Crippen LogP) is 5.50. The summed E-state index contributed by atoms with van der Waals surface area (Å²) in [6, 6.07) is 15.8. The maximum atomic E-state index is 13.7. The molecule has 1 unspecified atom stereocenters. The van der Waals surface area contributed by atoms with Gasteiger partial charge < -0.3 is 9.84 Å². The van der Waals surface area contributed by atoms with Crippen molar-refractivity contribution >= 4 is 49.8 Å². The molecule has 1 aliphatic heterocycles. The topological polar surface area (TPSA) is 97.0 Å². The summed E-state index contributed by atoms with van der Waals surface area (Å²) in [7, 11) is 1.55. The highest BCUT2D eigenvalue weighted by atomic mass is 32.1. The molecular formula is C29H24N4O4S. The van der Waals surface area contributed by atoms with E-state index in [9.17, 15) is 14.7 Å². The first-order valence-electron chi connectivity index (χ1n) is 12.0. The number of imidazole rings is 1. The van der Waals surface area contributed by atoms with Gasteiger partial charge >= 0.3 is 5.91 Å². The Morgan fingerprint density at radius 3 is 2.63 bits per heavy atom.